The summed E-state index contributed by atoms with van der Waals surface area (Å²) in [5.41, 5.74) is 5.41. The molecule has 0 radical (unpaired) electrons. The van der Waals surface area contributed by atoms with Crippen molar-refractivity contribution in [3.8, 4) is 0 Å². The van der Waals surface area contributed by atoms with E-state index >= 15 is 0 Å². The number of sulfonamides is 1. The second-order valence-corrected chi connectivity index (χ2v) is 6.10. The lowest BCUT2D eigenvalue weighted by Gasteiger charge is -2.10. The lowest BCUT2D eigenvalue weighted by atomic mass is 10.2. The van der Waals surface area contributed by atoms with Crippen LogP contribution < -0.4 is 10.5 Å². The molecule has 0 spiro atoms. The van der Waals surface area contributed by atoms with Crippen molar-refractivity contribution in [1.82, 2.24) is 9.78 Å². The minimum Gasteiger partial charge on any atom is -0.326 e. The van der Waals surface area contributed by atoms with Crippen LogP contribution in [0.3, 0.4) is 0 Å². The SMILES string of the molecule is Cc1nn(C)cc1NS(=O)(=O)c1ccc(F)c(CN)c1F. The predicted octanol–water partition coefficient (Wildman–Crippen LogP) is 1.27. The average Bonchev–Trinajstić information content (AvgIpc) is 2.67. The number of nitrogens with one attached hydrogen (secondary N) is 1. The number of hydrogen-bond donors (Lipinski definition) is 2. The quantitative estimate of drug-likeness (QED) is 0.889. The van der Waals surface area contributed by atoms with Crippen molar-refractivity contribution in [3.63, 3.8) is 0 Å². The zero-order valence-corrected chi connectivity index (χ0v) is 12.2. The van der Waals surface area contributed by atoms with Gasteiger partial charge in [-0.25, -0.2) is 17.2 Å². The molecule has 9 heteroatoms. The minimum absolute atomic E-state index is 0.218. The smallest absolute Gasteiger partial charge is 0.264 e. The number of nitrogens with zero attached hydrogens (tertiary/aromatic N) is 2. The molecule has 0 aliphatic rings. The first-order chi connectivity index (χ1) is 9.76. The molecular formula is C12H14F2N4O2S. The predicted molar refractivity (Wildman–Crippen MR) is 73.0 cm³/mol. The minimum atomic E-state index is -4.20. The van der Waals surface area contributed by atoms with E-state index in [1.807, 2.05) is 0 Å². The van der Waals surface area contributed by atoms with Crippen LogP contribution in [-0.4, -0.2) is 18.2 Å². The highest BCUT2D eigenvalue weighted by atomic mass is 32.2. The maximum Gasteiger partial charge on any atom is 0.264 e. The Morgan fingerprint density at radius 3 is 2.57 bits per heavy atom. The van der Waals surface area contributed by atoms with E-state index in [1.54, 1.807) is 14.0 Å². The zero-order valence-electron chi connectivity index (χ0n) is 11.4. The van der Waals surface area contributed by atoms with E-state index in [0.717, 1.165) is 12.1 Å². The summed E-state index contributed by atoms with van der Waals surface area (Å²) in [7, 11) is -2.58. The Balaban J connectivity index is 2.48. The van der Waals surface area contributed by atoms with Gasteiger partial charge in [0.05, 0.1) is 11.4 Å². The second-order valence-electron chi connectivity index (χ2n) is 4.45. The summed E-state index contributed by atoms with van der Waals surface area (Å²) in [5, 5.41) is 3.98. The molecule has 6 nitrogen and oxygen atoms in total. The van der Waals surface area contributed by atoms with Crippen molar-refractivity contribution < 1.29 is 17.2 Å². The van der Waals surface area contributed by atoms with Gasteiger partial charge in [0, 0.05) is 25.4 Å². The molecule has 0 fully saturated rings. The van der Waals surface area contributed by atoms with Crippen LogP contribution in [0.15, 0.2) is 23.2 Å². The summed E-state index contributed by atoms with van der Waals surface area (Å²) in [6.07, 6.45) is 1.44. The molecule has 0 aliphatic heterocycles. The molecule has 0 amide bonds. The fourth-order valence-corrected chi connectivity index (χ4v) is 3.08. The number of aryl methyl sites for hydroxylation is 2. The fraction of sp³-hybridized carbons (Fsp3) is 0.250. The number of rotatable bonds is 4. The van der Waals surface area contributed by atoms with E-state index in [4.69, 9.17) is 5.73 Å². The van der Waals surface area contributed by atoms with Crippen LogP contribution >= 0.6 is 0 Å². The number of nitrogens with two attached hydrogens (primary N) is 1. The summed E-state index contributed by atoms with van der Waals surface area (Å²) in [5.74, 6) is -2.07. The van der Waals surface area contributed by atoms with Gasteiger partial charge >= 0.3 is 0 Å². The van der Waals surface area contributed by atoms with Crippen LogP contribution in [0.25, 0.3) is 0 Å². The molecule has 0 atom stereocenters. The molecule has 0 saturated heterocycles. The monoisotopic (exact) mass is 316 g/mol. The van der Waals surface area contributed by atoms with Crippen LogP contribution in [0.2, 0.25) is 0 Å². The molecule has 2 rings (SSSR count). The maximum atomic E-state index is 14.1. The number of anilines is 1. The number of halogens is 2. The Morgan fingerprint density at radius 1 is 1.38 bits per heavy atom. The molecule has 0 bridgehead atoms. The third-order valence-corrected chi connectivity index (χ3v) is 4.28. The molecule has 114 valence electrons. The summed E-state index contributed by atoms with van der Waals surface area (Å²) < 4.78 is 55.5. The van der Waals surface area contributed by atoms with E-state index < -0.39 is 38.7 Å². The van der Waals surface area contributed by atoms with E-state index in [0.29, 0.717) is 5.69 Å². The lowest BCUT2D eigenvalue weighted by molar-refractivity contribution is 0.530. The molecule has 0 aliphatic carbocycles. The number of hydrogen-bond acceptors (Lipinski definition) is 4. The normalized spacial score (nSPS) is 11.7. The third kappa shape index (κ3) is 2.88. The van der Waals surface area contributed by atoms with Gasteiger partial charge in [-0.3, -0.25) is 9.40 Å². The Labute approximate surface area is 120 Å². The van der Waals surface area contributed by atoms with Crippen LogP contribution in [0.1, 0.15) is 11.3 Å². The van der Waals surface area contributed by atoms with Gasteiger partial charge in [-0.2, -0.15) is 5.10 Å². The molecule has 1 aromatic heterocycles. The summed E-state index contributed by atoms with van der Waals surface area (Å²) >= 11 is 0. The van der Waals surface area contributed by atoms with Gasteiger partial charge in [0.25, 0.3) is 10.0 Å². The standard InChI is InChI=1S/C12H14F2N4O2S/c1-7-10(6-18(2)16-7)17-21(19,20)11-4-3-9(13)8(5-15)12(11)14/h3-4,6,17H,5,15H2,1-2H3. The van der Waals surface area contributed by atoms with Gasteiger partial charge in [-0.05, 0) is 19.1 Å². The molecular weight excluding hydrogens is 302 g/mol. The van der Waals surface area contributed by atoms with Crippen LogP contribution in [0, 0.1) is 18.6 Å². The van der Waals surface area contributed by atoms with E-state index in [1.165, 1.54) is 10.9 Å². The van der Waals surface area contributed by atoms with Crippen molar-refractivity contribution in [2.24, 2.45) is 12.8 Å². The number of benzene rings is 1. The van der Waals surface area contributed by atoms with Gasteiger partial charge in [-0.15, -0.1) is 0 Å². The number of aromatic nitrogens is 2. The van der Waals surface area contributed by atoms with Crippen LogP contribution in [0.5, 0.6) is 0 Å². The van der Waals surface area contributed by atoms with Crippen molar-refractivity contribution in [2.45, 2.75) is 18.4 Å². The van der Waals surface area contributed by atoms with E-state index in [2.05, 4.69) is 9.82 Å². The van der Waals surface area contributed by atoms with Crippen LogP contribution in [0.4, 0.5) is 14.5 Å². The topological polar surface area (TPSA) is 90.0 Å². The fourth-order valence-electron chi connectivity index (χ4n) is 1.87. The molecule has 21 heavy (non-hydrogen) atoms. The highest BCUT2D eigenvalue weighted by molar-refractivity contribution is 7.92. The molecule has 0 unspecified atom stereocenters. The average molecular weight is 316 g/mol. The van der Waals surface area contributed by atoms with Crippen molar-refractivity contribution >= 4 is 15.7 Å². The summed E-state index contributed by atoms with van der Waals surface area (Å²) in [6.45, 7) is 1.16. The largest absolute Gasteiger partial charge is 0.326 e. The van der Waals surface area contributed by atoms with E-state index in [9.17, 15) is 17.2 Å². The molecule has 2 aromatic rings. The lowest BCUT2D eigenvalue weighted by Crippen LogP contribution is -2.17. The van der Waals surface area contributed by atoms with Gasteiger partial charge in [0.2, 0.25) is 0 Å². The molecule has 3 N–H and O–H groups in total. The highest BCUT2D eigenvalue weighted by Gasteiger charge is 2.24. The maximum absolute atomic E-state index is 14.1. The molecule has 1 heterocycles. The van der Waals surface area contributed by atoms with Crippen molar-refractivity contribution in [1.29, 1.82) is 0 Å². The van der Waals surface area contributed by atoms with E-state index in [-0.39, 0.29) is 5.69 Å². The molecule has 0 saturated carbocycles. The first-order valence-electron chi connectivity index (χ1n) is 5.96. The Bertz CT molecular complexity index is 787. The third-order valence-electron chi connectivity index (χ3n) is 2.90. The molecule has 1 aromatic carbocycles. The summed E-state index contributed by atoms with van der Waals surface area (Å²) in [4.78, 5) is -0.660. The first-order valence-corrected chi connectivity index (χ1v) is 7.44. The van der Waals surface area contributed by atoms with Gasteiger partial charge in [0.1, 0.15) is 10.7 Å². The van der Waals surface area contributed by atoms with Gasteiger partial charge in [-0.1, -0.05) is 0 Å². The summed E-state index contributed by atoms with van der Waals surface area (Å²) in [6, 6.07) is 1.73. The van der Waals surface area contributed by atoms with Crippen molar-refractivity contribution in [2.75, 3.05) is 4.72 Å². The van der Waals surface area contributed by atoms with Gasteiger partial charge < -0.3 is 5.73 Å². The van der Waals surface area contributed by atoms with Gasteiger partial charge in [0.15, 0.2) is 5.82 Å². The zero-order chi connectivity index (χ0) is 15.8. The Morgan fingerprint density at radius 2 is 2.05 bits per heavy atom. The Kier molecular flexibility index (Phi) is 3.97. The van der Waals surface area contributed by atoms with Crippen LogP contribution in [-0.2, 0) is 23.6 Å². The Hall–Kier alpha value is -2.00. The first kappa shape index (κ1) is 15.4. The van der Waals surface area contributed by atoms with Crippen molar-refractivity contribution in [3.05, 3.63) is 41.2 Å². The second kappa shape index (κ2) is 5.41. The highest BCUT2D eigenvalue weighted by Crippen LogP contribution is 2.24.